The summed E-state index contributed by atoms with van der Waals surface area (Å²) in [5.41, 5.74) is 2.96. The lowest BCUT2D eigenvalue weighted by molar-refractivity contribution is -0.122. The zero-order valence-electron chi connectivity index (χ0n) is 15.1. The summed E-state index contributed by atoms with van der Waals surface area (Å²) in [6.45, 7) is 0.443. The molecule has 0 aliphatic heterocycles. The molecular weight excluding hydrogens is 362 g/mol. The van der Waals surface area contributed by atoms with Crippen molar-refractivity contribution in [2.45, 2.75) is 18.9 Å². The van der Waals surface area contributed by atoms with Crippen LogP contribution in [-0.2, 0) is 27.7 Å². The molecule has 3 N–H and O–H groups in total. The van der Waals surface area contributed by atoms with E-state index in [9.17, 15) is 13.2 Å². The van der Waals surface area contributed by atoms with Crippen molar-refractivity contribution in [1.29, 1.82) is 0 Å². The molecule has 7 heteroatoms. The van der Waals surface area contributed by atoms with Crippen LogP contribution in [0.4, 0.5) is 0 Å². The van der Waals surface area contributed by atoms with Gasteiger partial charge in [0.25, 0.3) is 0 Å². The van der Waals surface area contributed by atoms with Gasteiger partial charge < -0.3 is 10.3 Å². The monoisotopic (exact) mass is 385 g/mol. The number of sulfonamides is 1. The molecule has 2 aromatic carbocycles. The number of para-hydroxylation sites is 1. The molecule has 3 rings (SSSR count). The maximum absolute atomic E-state index is 12.6. The third-order valence-electron chi connectivity index (χ3n) is 4.33. The smallest absolute Gasteiger partial charge is 0.238 e. The fourth-order valence-electron chi connectivity index (χ4n) is 3.06. The molecule has 0 spiro atoms. The largest absolute Gasteiger partial charge is 0.361 e. The summed E-state index contributed by atoms with van der Waals surface area (Å²) in [5, 5.41) is 3.82. The molecule has 27 heavy (non-hydrogen) atoms. The number of aromatic nitrogens is 1. The fraction of sp³-hybridized carbons (Fsp3) is 0.250. The van der Waals surface area contributed by atoms with Crippen molar-refractivity contribution in [3.8, 4) is 0 Å². The van der Waals surface area contributed by atoms with E-state index in [1.807, 2.05) is 60.8 Å². The molecule has 0 aliphatic rings. The standard InChI is InChI=1S/C20H23N3O3S/c1-27(25,26)23-19(13-16-14-22-18-10-6-5-9-17(16)18)20(24)21-12-11-15-7-3-2-4-8-15/h2-10,14,19,22-23H,11-13H2,1H3,(H,21,24)/t19-/m0/s1. The number of rotatable bonds is 8. The van der Waals surface area contributed by atoms with Gasteiger partial charge in [-0.15, -0.1) is 0 Å². The molecule has 1 heterocycles. The topological polar surface area (TPSA) is 91.1 Å². The predicted molar refractivity (Wildman–Crippen MR) is 107 cm³/mol. The van der Waals surface area contributed by atoms with Crippen LogP contribution in [-0.4, -0.2) is 38.2 Å². The Labute approximate surface area is 159 Å². The fourth-order valence-corrected chi connectivity index (χ4v) is 3.77. The number of fused-ring (bicyclic) bond motifs is 1. The summed E-state index contributed by atoms with van der Waals surface area (Å²) in [4.78, 5) is 15.8. The highest BCUT2D eigenvalue weighted by Crippen LogP contribution is 2.19. The number of H-pyrrole nitrogens is 1. The quantitative estimate of drug-likeness (QED) is 0.554. The molecule has 0 bridgehead atoms. The highest BCUT2D eigenvalue weighted by molar-refractivity contribution is 7.88. The first-order valence-corrected chi connectivity index (χ1v) is 10.7. The van der Waals surface area contributed by atoms with Gasteiger partial charge in [0, 0.05) is 23.6 Å². The lowest BCUT2D eigenvalue weighted by atomic mass is 10.0. The number of hydrogen-bond donors (Lipinski definition) is 3. The maximum Gasteiger partial charge on any atom is 0.238 e. The summed E-state index contributed by atoms with van der Waals surface area (Å²) in [6.07, 6.45) is 3.84. The van der Waals surface area contributed by atoms with Crippen molar-refractivity contribution < 1.29 is 13.2 Å². The first-order chi connectivity index (χ1) is 12.9. The van der Waals surface area contributed by atoms with Crippen LogP contribution < -0.4 is 10.0 Å². The second-order valence-electron chi connectivity index (χ2n) is 6.53. The second kappa shape index (κ2) is 8.37. The average molecular weight is 385 g/mol. The Bertz CT molecular complexity index is 1010. The van der Waals surface area contributed by atoms with E-state index < -0.39 is 16.1 Å². The second-order valence-corrected chi connectivity index (χ2v) is 8.31. The van der Waals surface area contributed by atoms with Crippen molar-refractivity contribution in [1.82, 2.24) is 15.0 Å². The SMILES string of the molecule is CS(=O)(=O)N[C@@H](Cc1c[nH]c2ccccc12)C(=O)NCCc1ccccc1. The van der Waals surface area contributed by atoms with Crippen LogP contribution in [0.3, 0.4) is 0 Å². The van der Waals surface area contributed by atoms with Gasteiger partial charge in [-0.05, 0) is 30.0 Å². The summed E-state index contributed by atoms with van der Waals surface area (Å²) in [6, 6.07) is 16.7. The molecular formula is C20H23N3O3S. The Morgan fingerprint density at radius 1 is 1.07 bits per heavy atom. The lowest BCUT2D eigenvalue weighted by Gasteiger charge is -2.17. The third kappa shape index (κ3) is 5.42. The highest BCUT2D eigenvalue weighted by Gasteiger charge is 2.23. The third-order valence-corrected chi connectivity index (χ3v) is 5.04. The van der Waals surface area contributed by atoms with E-state index in [0.717, 1.165) is 28.3 Å². The normalized spacial score (nSPS) is 12.8. The molecule has 1 aromatic heterocycles. The number of carbonyl (C=O) groups excluding carboxylic acids is 1. The van der Waals surface area contributed by atoms with Gasteiger partial charge in [0.15, 0.2) is 0 Å². The van der Waals surface area contributed by atoms with E-state index >= 15 is 0 Å². The van der Waals surface area contributed by atoms with Crippen molar-refractivity contribution in [2.24, 2.45) is 0 Å². The molecule has 0 radical (unpaired) electrons. The van der Waals surface area contributed by atoms with Crippen LogP contribution in [0.5, 0.6) is 0 Å². The van der Waals surface area contributed by atoms with Gasteiger partial charge in [-0.25, -0.2) is 13.1 Å². The van der Waals surface area contributed by atoms with Crippen LogP contribution in [0.2, 0.25) is 0 Å². The zero-order valence-corrected chi connectivity index (χ0v) is 15.9. The molecule has 3 aromatic rings. The van der Waals surface area contributed by atoms with Crippen LogP contribution >= 0.6 is 0 Å². The molecule has 0 unspecified atom stereocenters. The van der Waals surface area contributed by atoms with Crippen LogP contribution in [0.1, 0.15) is 11.1 Å². The maximum atomic E-state index is 12.6. The molecule has 142 valence electrons. The Balaban J connectivity index is 1.69. The van der Waals surface area contributed by atoms with Gasteiger partial charge in [0.05, 0.1) is 6.26 Å². The first-order valence-electron chi connectivity index (χ1n) is 8.76. The summed E-state index contributed by atoms with van der Waals surface area (Å²) in [5.74, 6) is -0.332. The van der Waals surface area contributed by atoms with Gasteiger partial charge in [0.2, 0.25) is 15.9 Å². The Hall–Kier alpha value is -2.64. The minimum atomic E-state index is -3.52. The van der Waals surface area contributed by atoms with Crippen molar-refractivity contribution in [3.63, 3.8) is 0 Å². The average Bonchev–Trinajstić information content (AvgIpc) is 3.04. The van der Waals surface area contributed by atoms with E-state index in [1.54, 1.807) is 0 Å². The number of nitrogens with one attached hydrogen (secondary N) is 3. The number of amides is 1. The zero-order chi connectivity index (χ0) is 19.3. The number of aromatic amines is 1. The van der Waals surface area contributed by atoms with Gasteiger partial charge in [-0.2, -0.15) is 0 Å². The van der Waals surface area contributed by atoms with Crippen molar-refractivity contribution >= 4 is 26.8 Å². The minimum absolute atomic E-state index is 0.272. The highest BCUT2D eigenvalue weighted by atomic mass is 32.2. The number of carbonyl (C=O) groups is 1. The minimum Gasteiger partial charge on any atom is -0.361 e. The van der Waals surface area contributed by atoms with E-state index in [2.05, 4.69) is 15.0 Å². The number of benzene rings is 2. The molecule has 1 amide bonds. The Morgan fingerprint density at radius 3 is 2.52 bits per heavy atom. The van der Waals surface area contributed by atoms with E-state index in [1.165, 1.54) is 0 Å². The van der Waals surface area contributed by atoms with Gasteiger partial charge in [0.1, 0.15) is 6.04 Å². The van der Waals surface area contributed by atoms with Crippen LogP contribution in [0, 0.1) is 0 Å². The molecule has 6 nitrogen and oxygen atoms in total. The summed E-state index contributed by atoms with van der Waals surface area (Å²) in [7, 11) is -3.52. The molecule has 0 fully saturated rings. The van der Waals surface area contributed by atoms with E-state index in [4.69, 9.17) is 0 Å². The van der Waals surface area contributed by atoms with E-state index in [0.29, 0.717) is 13.0 Å². The number of hydrogen-bond acceptors (Lipinski definition) is 3. The molecule has 0 saturated carbocycles. The van der Waals surface area contributed by atoms with Crippen LogP contribution in [0.15, 0.2) is 60.8 Å². The van der Waals surface area contributed by atoms with Gasteiger partial charge in [-0.1, -0.05) is 48.5 Å². The van der Waals surface area contributed by atoms with Gasteiger partial charge >= 0.3 is 0 Å². The van der Waals surface area contributed by atoms with Crippen molar-refractivity contribution in [3.05, 3.63) is 71.9 Å². The molecule has 1 atom stereocenters. The molecule has 0 saturated heterocycles. The summed E-state index contributed by atoms with van der Waals surface area (Å²) >= 11 is 0. The molecule has 0 aliphatic carbocycles. The Kier molecular flexibility index (Phi) is 5.93. The first kappa shape index (κ1) is 19.1. The van der Waals surface area contributed by atoms with E-state index in [-0.39, 0.29) is 12.3 Å². The Morgan fingerprint density at radius 2 is 1.78 bits per heavy atom. The van der Waals surface area contributed by atoms with Crippen LogP contribution in [0.25, 0.3) is 10.9 Å². The van der Waals surface area contributed by atoms with Crippen molar-refractivity contribution in [2.75, 3.05) is 12.8 Å². The lowest BCUT2D eigenvalue weighted by Crippen LogP contribution is -2.48. The summed E-state index contributed by atoms with van der Waals surface area (Å²) < 4.78 is 25.9. The predicted octanol–water partition coefficient (Wildman–Crippen LogP) is 1.99. The van der Waals surface area contributed by atoms with Gasteiger partial charge in [-0.3, -0.25) is 4.79 Å².